The maximum atomic E-state index is 13.1. The first kappa shape index (κ1) is 16.2. The molecule has 0 spiro atoms. The summed E-state index contributed by atoms with van der Waals surface area (Å²) in [4.78, 5) is 13.1. The summed E-state index contributed by atoms with van der Waals surface area (Å²) in [6.07, 6.45) is 0.784. The summed E-state index contributed by atoms with van der Waals surface area (Å²) < 4.78 is 16.5. The molecule has 0 radical (unpaired) electrons. The molecular formula is C19H24O4. The second-order valence-corrected chi connectivity index (χ2v) is 6.83. The van der Waals surface area contributed by atoms with Crippen molar-refractivity contribution in [2.75, 3.05) is 21.3 Å². The maximum absolute atomic E-state index is 13.1. The van der Waals surface area contributed by atoms with Crippen LogP contribution >= 0.6 is 0 Å². The minimum Gasteiger partial charge on any atom is -0.497 e. The van der Waals surface area contributed by atoms with Crippen LogP contribution in [0.4, 0.5) is 0 Å². The van der Waals surface area contributed by atoms with Gasteiger partial charge in [-0.25, -0.2) is 0 Å². The van der Waals surface area contributed by atoms with Crippen molar-refractivity contribution in [1.29, 1.82) is 0 Å². The Bertz CT molecular complexity index is 674. The Hall–Kier alpha value is -1.65. The minimum atomic E-state index is -1.35. The van der Waals surface area contributed by atoms with Gasteiger partial charge in [-0.3, -0.25) is 4.79 Å². The van der Waals surface area contributed by atoms with E-state index in [1.54, 1.807) is 7.11 Å². The van der Waals surface area contributed by atoms with Gasteiger partial charge >= 0.3 is 0 Å². The number of methoxy groups -OCH3 is 3. The molecule has 3 atom stereocenters. The van der Waals surface area contributed by atoms with Crippen LogP contribution in [-0.4, -0.2) is 27.1 Å². The second-order valence-electron chi connectivity index (χ2n) is 6.83. The fraction of sp³-hybridized carbons (Fsp3) is 0.526. The predicted octanol–water partition coefficient (Wildman–Crippen LogP) is 3.41. The highest BCUT2D eigenvalue weighted by molar-refractivity contribution is 5.94. The molecule has 0 N–H and O–H groups in total. The summed E-state index contributed by atoms with van der Waals surface area (Å²) in [5.41, 5.74) is 2.88. The SMILES string of the molecule is C=C(C)[C@]1(C)C[C@@H]2C(=O)C(OC)(OC)c3cc(OC)ccc3[C@@H]21. The third-order valence-electron chi connectivity index (χ3n) is 5.89. The minimum absolute atomic E-state index is 0.00743. The molecule has 1 saturated carbocycles. The van der Waals surface area contributed by atoms with Crippen LogP contribution in [0, 0.1) is 11.3 Å². The highest BCUT2D eigenvalue weighted by Gasteiger charge is 2.64. The van der Waals surface area contributed by atoms with E-state index in [0.717, 1.165) is 23.1 Å². The molecule has 1 aromatic rings. The Kier molecular flexibility index (Phi) is 3.65. The number of hydrogen-bond donors (Lipinski definition) is 0. The first-order valence-corrected chi connectivity index (χ1v) is 7.84. The molecule has 4 heteroatoms. The molecular weight excluding hydrogens is 292 g/mol. The van der Waals surface area contributed by atoms with Crippen molar-refractivity contribution in [3.8, 4) is 5.75 Å². The van der Waals surface area contributed by atoms with Crippen LogP contribution in [0.1, 0.15) is 37.3 Å². The molecule has 0 heterocycles. The summed E-state index contributed by atoms with van der Waals surface area (Å²) in [6.45, 7) is 8.37. The molecule has 1 aromatic carbocycles. The van der Waals surface area contributed by atoms with Crippen molar-refractivity contribution >= 4 is 5.78 Å². The van der Waals surface area contributed by atoms with E-state index in [0.29, 0.717) is 5.75 Å². The standard InChI is InChI=1S/C19H24O4/c1-11(2)18(3)10-14-16(18)13-8-7-12(21-4)9-15(13)19(22-5,23-6)17(14)20/h7-9,14,16H,1,10H2,2-6H3/t14-,16-,18-/m0/s1. The largest absolute Gasteiger partial charge is 0.497 e. The number of fused-ring (bicyclic) bond motifs is 3. The van der Waals surface area contributed by atoms with Crippen LogP contribution in [0.15, 0.2) is 30.4 Å². The molecule has 0 unspecified atom stereocenters. The number of Topliss-reactive ketones (excluding diaryl/α,β-unsaturated/α-hetero) is 1. The van der Waals surface area contributed by atoms with Gasteiger partial charge in [-0.2, -0.15) is 0 Å². The zero-order chi connectivity index (χ0) is 17.0. The number of hydrogen-bond acceptors (Lipinski definition) is 4. The van der Waals surface area contributed by atoms with Gasteiger partial charge < -0.3 is 14.2 Å². The quantitative estimate of drug-likeness (QED) is 0.631. The highest BCUT2D eigenvalue weighted by atomic mass is 16.7. The zero-order valence-corrected chi connectivity index (χ0v) is 14.4. The van der Waals surface area contributed by atoms with E-state index in [9.17, 15) is 4.79 Å². The smallest absolute Gasteiger partial charge is 0.256 e. The van der Waals surface area contributed by atoms with Gasteiger partial charge in [-0.1, -0.05) is 25.1 Å². The molecule has 23 heavy (non-hydrogen) atoms. The molecule has 1 fully saturated rings. The summed E-state index contributed by atoms with van der Waals surface area (Å²) in [7, 11) is 4.64. The Morgan fingerprint density at radius 1 is 1.26 bits per heavy atom. The molecule has 0 saturated heterocycles. The molecule has 0 bridgehead atoms. The van der Waals surface area contributed by atoms with Crippen LogP contribution in [0.25, 0.3) is 0 Å². The van der Waals surface area contributed by atoms with Crippen molar-refractivity contribution in [2.45, 2.75) is 32.0 Å². The summed E-state index contributed by atoms with van der Waals surface area (Å²) in [6, 6.07) is 5.82. The molecule has 0 aliphatic heterocycles. The van der Waals surface area contributed by atoms with E-state index in [1.165, 1.54) is 14.2 Å². The summed E-state index contributed by atoms with van der Waals surface area (Å²) in [5, 5.41) is 0. The number of ether oxygens (including phenoxy) is 3. The summed E-state index contributed by atoms with van der Waals surface area (Å²) >= 11 is 0. The van der Waals surface area contributed by atoms with E-state index in [4.69, 9.17) is 14.2 Å². The molecule has 124 valence electrons. The van der Waals surface area contributed by atoms with Gasteiger partial charge in [0.15, 0.2) is 0 Å². The monoisotopic (exact) mass is 316 g/mol. The Balaban J connectivity index is 2.24. The normalized spacial score (nSPS) is 30.9. The number of carbonyl (C=O) groups is 1. The number of allylic oxidation sites excluding steroid dienone is 1. The lowest BCUT2D eigenvalue weighted by Crippen LogP contribution is -2.59. The van der Waals surface area contributed by atoms with E-state index >= 15 is 0 Å². The Morgan fingerprint density at radius 2 is 1.91 bits per heavy atom. The van der Waals surface area contributed by atoms with E-state index < -0.39 is 5.79 Å². The van der Waals surface area contributed by atoms with Crippen LogP contribution < -0.4 is 4.74 Å². The average Bonchev–Trinajstić information content (AvgIpc) is 2.54. The molecule has 2 aliphatic carbocycles. The van der Waals surface area contributed by atoms with Gasteiger partial charge in [0.05, 0.1) is 7.11 Å². The number of carbonyl (C=O) groups excluding carboxylic acids is 1. The maximum Gasteiger partial charge on any atom is 0.256 e. The molecule has 0 amide bonds. The molecule has 0 aromatic heterocycles. The predicted molar refractivity (Wildman–Crippen MR) is 87.5 cm³/mol. The van der Waals surface area contributed by atoms with Crippen LogP contribution in [0.5, 0.6) is 5.75 Å². The van der Waals surface area contributed by atoms with E-state index in [-0.39, 0.29) is 23.0 Å². The van der Waals surface area contributed by atoms with E-state index in [2.05, 4.69) is 13.5 Å². The van der Waals surface area contributed by atoms with E-state index in [1.807, 2.05) is 25.1 Å². The lowest BCUT2D eigenvalue weighted by Gasteiger charge is -2.58. The van der Waals surface area contributed by atoms with Crippen molar-refractivity contribution < 1.29 is 19.0 Å². The highest BCUT2D eigenvalue weighted by Crippen LogP contribution is 2.65. The van der Waals surface area contributed by atoms with Gasteiger partial charge in [-0.05, 0) is 36.5 Å². The van der Waals surface area contributed by atoms with Gasteiger partial charge in [0, 0.05) is 31.6 Å². The Morgan fingerprint density at radius 3 is 2.43 bits per heavy atom. The van der Waals surface area contributed by atoms with Gasteiger partial charge in [0.2, 0.25) is 5.78 Å². The van der Waals surface area contributed by atoms with Crippen molar-refractivity contribution in [2.24, 2.45) is 11.3 Å². The lowest BCUT2D eigenvalue weighted by molar-refractivity contribution is -0.227. The van der Waals surface area contributed by atoms with Crippen LogP contribution in [-0.2, 0) is 20.1 Å². The lowest BCUT2D eigenvalue weighted by atomic mass is 9.46. The number of ketones is 1. The van der Waals surface area contributed by atoms with Crippen molar-refractivity contribution in [3.63, 3.8) is 0 Å². The van der Waals surface area contributed by atoms with Gasteiger partial charge in [0.25, 0.3) is 5.79 Å². The Labute approximate surface area is 137 Å². The summed E-state index contributed by atoms with van der Waals surface area (Å²) in [5.74, 6) is -0.650. The number of rotatable bonds is 4. The second kappa shape index (κ2) is 5.18. The van der Waals surface area contributed by atoms with Gasteiger partial charge in [0.1, 0.15) is 5.75 Å². The fourth-order valence-corrected chi connectivity index (χ4v) is 4.33. The molecule has 4 nitrogen and oxygen atoms in total. The molecule has 3 rings (SSSR count). The zero-order valence-electron chi connectivity index (χ0n) is 14.4. The van der Waals surface area contributed by atoms with Gasteiger partial charge in [-0.15, -0.1) is 0 Å². The van der Waals surface area contributed by atoms with Crippen molar-refractivity contribution in [3.05, 3.63) is 41.5 Å². The van der Waals surface area contributed by atoms with Crippen LogP contribution in [0.3, 0.4) is 0 Å². The third kappa shape index (κ3) is 1.88. The first-order valence-electron chi connectivity index (χ1n) is 7.84. The van der Waals surface area contributed by atoms with Crippen molar-refractivity contribution in [1.82, 2.24) is 0 Å². The topological polar surface area (TPSA) is 44.8 Å². The fourth-order valence-electron chi connectivity index (χ4n) is 4.33. The molecule has 2 aliphatic rings. The first-order chi connectivity index (χ1) is 10.9. The number of benzene rings is 1. The van der Waals surface area contributed by atoms with Crippen LogP contribution in [0.2, 0.25) is 0 Å². The average molecular weight is 316 g/mol. The third-order valence-corrected chi connectivity index (χ3v) is 5.89.